The number of methoxy groups -OCH3 is 2. The maximum absolute atomic E-state index is 12.4. The van der Waals surface area contributed by atoms with Crippen molar-refractivity contribution in [3.8, 4) is 11.5 Å². The summed E-state index contributed by atoms with van der Waals surface area (Å²) in [4.78, 5) is 27.7. The first kappa shape index (κ1) is 18.5. The first-order valence-electron chi connectivity index (χ1n) is 8.66. The number of benzene rings is 2. The second-order valence-electron chi connectivity index (χ2n) is 6.20. The van der Waals surface area contributed by atoms with Crippen molar-refractivity contribution in [3.05, 3.63) is 69.5 Å². The number of amides is 1. The molecule has 6 nitrogen and oxygen atoms in total. The van der Waals surface area contributed by atoms with E-state index in [-0.39, 0.29) is 11.5 Å². The first-order valence-corrected chi connectivity index (χ1v) is 8.66. The zero-order valence-electron chi connectivity index (χ0n) is 15.6. The van der Waals surface area contributed by atoms with Crippen LogP contribution in [-0.2, 0) is 6.42 Å². The molecule has 0 aliphatic heterocycles. The van der Waals surface area contributed by atoms with Gasteiger partial charge in [-0.25, -0.2) is 0 Å². The number of fused-ring (bicyclic) bond motifs is 1. The largest absolute Gasteiger partial charge is 0.496 e. The summed E-state index contributed by atoms with van der Waals surface area (Å²) in [6.07, 6.45) is 0.419. The van der Waals surface area contributed by atoms with Gasteiger partial charge in [-0.3, -0.25) is 9.59 Å². The third-order valence-corrected chi connectivity index (χ3v) is 4.53. The Morgan fingerprint density at radius 1 is 1.07 bits per heavy atom. The summed E-state index contributed by atoms with van der Waals surface area (Å²) < 4.78 is 10.5. The molecule has 0 aliphatic carbocycles. The van der Waals surface area contributed by atoms with Crippen molar-refractivity contribution >= 4 is 16.8 Å². The van der Waals surface area contributed by atoms with Crippen molar-refractivity contribution in [2.75, 3.05) is 20.8 Å². The average molecular weight is 366 g/mol. The van der Waals surface area contributed by atoms with E-state index in [1.54, 1.807) is 31.4 Å². The minimum absolute atomic E-state index is 0.182. The highest BCUT2D eigenvalue weighted by Crippen LogP contribution is 2.25. The number of aromatic nitrogens is 1. The maximum atomic E-state index is 12.4. The Hall–Kier alpha value is -3.28. The molecule has 3 aromatic rings. The normalized spacial score (nSPS) is 10.6. The van der Waals surface area contributed by atoms with Crippen LogP contribution in [-0.4, -0.2) is 31.7 Å². The minimum Gasteiger partial charge on any atom is -0.496 e. The van der Waals surface area contributed by atoms with Crippen LogP contribution >= 0.6 is 0 Å². The number of H-pyrrole nitrogens is 1. The lowest BCUT2D eigenvalue weighted by Gasteiger charge is -2.11. The van der Waals surface area contributed by atoms with Crippen LogP contribution in [0.2, 0.25) is 0 Å². The lowest BCUT2D eigenvalue weighted by Crippen LogP contribution is -2.27. The zero-order chi connectivity index (χ0) is 19.4. The topological polar surface area (TPSA) is 80.4 Å². The fraction of sp³-hybridized carbons (Fsp3) is 0.238. The zero-order valence-corrected chi connectivity index (χ0v) is 15.6. The molecule has 140 valence electrons. The minimum atomic E-state index is -0.234. The van der Waals surface area contributed by atoms with Gasteiger partial charge in [0.25, 0.3) is 11.5 Å². The van der Waals surface area contributed by atoms with Gasteiger partial charge in [-0.05, 0) is 43.2 Å². The van der Waals surface area contributed by atoms with E-state index in [4.69, 9.17) is 9.47 Å². The molecule has 0 atom stereocenters. The Kier molecular flexibility index (Phi) is 5.45. The van der Waals surface area contributed by atoms with Crippen molar-refractivity contribution in [2.24, 2.45) is 0 Å². The lowest BCUT2D eigenvalue weighted by atomic mass is 10.1. The second-order valence-corrected chi connectivity index (χ2v) is 6.20. The summed E-state index contributed by atoms with van der Waals surface area (Å²) in [6, 6.07) is 12.7. The predicted octanol–water partition coefficient (Wildman–Crippen LogP) is 2.83. The fourth-order valence-electron chi connectivity index (χ4n) is 3.05. The van der Waals surface area contributed by atoms with E-state index >= 15 is 0 Å². The monoisotopic (exact) mass is 366 g/mol. The van der Waals surface area contributed by atoms with Crippen LogP contribution < -0.4 is 20.3 Å². The van der Waals surface area contributed by atoms with Gasteiger partial charge in [0.05, 0.1) is 25.3 Å². The molecule has 0 unspecified atom stereocenters. The van der Waals surface area contributed by atoms with Gasteiger partial charge in [-0.1, -0.05) is 18.2 Å². The van der Waals surface area contributed by atoms with Gasteiger partial charge >= 0.3 is 0 Å². The third kappa shape index (κ3) is 3.79. The summed E-state index contributed by atoms with van der Waals surface area (Å²) in [5, 5.41) is 3.77. The fourth-order valence-corrected chi connectivity index (χ4v) is 3.05. The Morgan fingerprint density at radius 2 is 1.81 bits per heavy atom. The van der Waals surface area contributed by atoms with Crippen LogP contribution in [0.25, 0.3) is 10.9 Å². The molecule has 1 amide bonds. The van der Waals surface area contributed by atoms with Crippen molar-refractivity contribution in [2.45, 2.75) is 13.3 Å². The van der Waals surface area contributed by atoms with Gasteiger partial charge in [-0.2, -0.15) is 0 Å². The molecule has 0 saturated carbocycles. The van der Waals surface area contributed by atoms with E-state index in [2.05, 4.69) is 10.3 Å². The molecule has 2 N–H and O–H groups in total. The molecule has 1 aromatic heterocycles. The highest BCUT2D eigenvalue weighted by atomic mass is 16.5. The Labute approximate surface area is 157 Å². The number of carbonyl (C=O) groups excluding carboxylic acids is 1. The summed E-state index contributed by atoms with van der Waals surface area (Å²) in [5.41, 5.74) is 2.62. The molecule has 6 heteroatoms. The maximum Gasteiger partial charge on any atom is 0.255 e. The number of hydrogen-bond acceptors (Lipinski definition) is 4. The lowest BCUT2D eigenvalue weighted by molar-refractivity contribution is 0.0951. The number of hydrogen-bond donors (Lipinski definition) is 2. The molecule has 0 saturated heterocycles. The van der Waals surface area contributed by atoms with Crippen LogP contribution in [0.4, 0.5) is 0 Å². The second kappa shape index (κ2) is 7.95. The number of carbonyl (C=O) groups is 1. The molecule has 1 heterocycles. The average Bonchev–Trinajstić information content (AvgIpc) is 2.69. The van der Waals surface area contributed by atoms with E-state index in [1.165, 1.54) is 7.11 Å². The molecular formula is C21H22N2O4. The van der Waals surface area contributed by atoms with E-state index < -0.39 is 0 Å². The van der Waals surface area contributed by atoms with Gasteiger partial charge in [0.2, 0.25) is 0 Å². The van der Waals surface area contributed by atoms with Crippen LogP contribution in [0, 0.1) is 6.92 Å². The summed E-state index contributed by atoms with van der Waals surface area (Å²) in [5.74, 6) is 0.910. The Balaban J connectivity index is 1.77. The van der Waals surface area contributed by atoms with Crippen molar-refractivity contribution < 1.29 is 14.3 Å². The van der Waals surface area contributed by atoms with Gasteiger partial charge in [-0.15, -0.1) is 0 Å². The molecule has 0 spiro atoms. The third-order valence-electron chi connectivity index (χ3n) is 4.53. The summed E-state index contributed by atoms with van der Waals surface area (Å²) in [7, 11) is 3.10. The van der Waals surface area contributed by atoms with Crippen molar-refractivity contribution in [1.29, 1.82) is 0 Å². The smallest absolute Gasteiger partial charge is 0.255 e. The van der Waals surface area contributed by atoms with Gasteiger partial charge < -0.3 is 19.8 Å². The van der Waals surface area contributed by atoms with E-state index in [9.17, 15) is 9.59 Å². The van der Waals surface area contributed by atoms with Gasteiger partial charge in [0.15, 0.2) is 0 Å². The van der Waals surface area contributed by atoms with E-state index in [1.807, 2.05) is 25.1 Å². The van der Waals surface area contributed by atoms with Crippen LogP contribution in [0.1, 0.15) is 21.5 Å². The number of aromatic amines is 1. The SMILES string of the molecule is COc1ccccc1C(=O)NCCc1cc2c(C)ccc(OC)c2[nH]c1=O. The van der Waals surface area contributed by atoms with Crippen molar-refractivity contribution in [3.63, 3.8) is 0 Å². The number of rotatable bonds is 6. The Bertz CT molecular complexity index is 1040. The van der Waals surface area contributed by atoms with Gasteiger partial charge in [0.1, 0.15) is 11.5 Å². The molecule has 27 heavy (non-hydrogen) atoms. The highest BCUT2D eigenvalue weighted by molar-refractivity contribution is 5.96. The number of ether oxygens (including phenoxy) is 2. The molecule has 0 bridgehead atoms. The van der Waals surface area contributed by atoms with Crippen LogP contribution in [0.3, 0.4) is 0 Å². The number of para-hydroxylation sites is 1. The molecular weight excluding hydrogens is 344 g/mol. The quantitative estimate of drug-likeness (QED) is 0.703. The first-order chi connectivity index (χ1) is 13.0. The van der Waals surface area contributed by atoms with Gasteiger partial charge in [0, 0.05) is 17.5 Å². The number of nitrogens with one attached hydrogen (secondary N) is 2. The molecule has 0 aliphatic rings. The number of pyridine rings is 1. The van der Waals surface area contributed by atoms with E-state index in [0.717, 1.165) is 10.9 Å². The molecule has 0 fully saturated rings. The number of aryl methyl sites for hydroxylation is 1. The van der Waals surface area contributed by atoms with Crippen molar-refractivity contribution in [1.82, 2.24) is 10.3 Å². The molecule has 3 rings (SSSR count). The van der Waals surface area contributed by atoms with E-state index in [0.29, 0.717) is 41.1 Å². The van der Waals surface area contributed by atoms with Crippen LogP contribution in [0.15, 0.2) is 47.3 Å². The standard InChI is InChI=1S/C21H22N2O4/c1-13-8-9-18(27-3)19-16(13)12-14(20(24)23-19)10-11-22-21(25)15-6-4-5-7-17(15)26-2/h4-9,12H,10-11H2,1-3H3,(H,22,25)(H,23,24). The summed E-state index contributed by atoms with van der Waals surface area (Å²) >= 11 is 0. The molecule has 0 radical (unpaired) electrons. The van der Waals surface area contributed by atoms with Crippen LogP contribution in [0.5, 0.6) is 11.5 Å². The Morgan fingerprint density at radius 3 is 2.56 bits per heavy atom. The molecule has 2 aromatic carbocycles. The highest BCUT2D eigenvalue weighted by Gasteiger charge is 2.12. The predicted molar refractivity (Wildman–Crippen MR) is 105 cm³/mol. The summed E-state index contributed by atoms with van der Waals surface area (Å²) in [6.45, 7) is 2.32.